The fourth-order valence-corrected chi connectivity index (χ4v) is 0.793. The summed E-state index contributed by atoms with van der Waals surface area (Å²) in [5.74, 6) is -0.519. The highest BCUT2D eigenvalue weighted by molar-refractivity contribution is 5.17. The summed E-state index contributed by atoms with van der Waals surface area (Å²) in [6.07, 6.45) is -1.42. The first kappa shape index (κ1) is 8.17. The van der Waals surface area contributed by atoms with E-state index in [2.05, 4.69) is 4.74 Å². The van der Waals surface area contributed by atoms with Crippen molar-refractivity contribution in [2.75, 3.05) is 7.11 Å². The molecule has 1 aromatic carbocycles. The summed E-state index contributed by atoms with van der Waals surface area (Å²) in [7, 11) is 1.25. The smallest absolute Gasteiger partial charge is 0.220 e. The van der Waals surface area contributed by atoms with Crippen molar-refractivity contribution in [3.8, 4) is 0 Å². The van der Waals surface area contributed by atoms with Gasteiger partial charge in [0.2, 0.25) is 6.29 Å². The molecule has 0 spiro atoms. The van der Waals surface area contributed by atoms with E-state index >= 15 is 0 Å². The summed E-state index contributed by atoms with van der Waals surface area (Å²) in [4.78, 5) is 0. The summed E-state index contributed by atoms with van der Waals surface area (Å²) in [6.45, 7) is 0. The second-order valence-electron chi connectivity index (χ2n) is 2.09. The molecule has 0 bridgehead atoms. The van der Waals surface area contributed by atoms with Crippen LogP contribution in [0.5, 0.6) is 0 Å². The molecule has 0 aromatic heterocycles. The van der Waals surface area contributed by atoms with Crippen LogP contribution in [0.1, 0.15) is 11.9 Å². The van der Waals surface area contributed by atoms with Gasteiger partial charge in [-0.15, -0.1) is 0 Å². The lowest BCUT2D eigenvalue weighted by atomic mass is 10.2. The molecule has 0 heterocycles. The molecule has 11 heavy (non-hydrogen) atoms. The van der Waals surface area contributed by atoms with Crippen LogP contribution in [0, 0.1) is 5.82 Å². The summed E-state index contributed by atoms with van der Waals surface area (Å²) >= 11 is 0. The van der Waals surface area contributed by atoms with Crippen LogP contribution in [0.15, 0.2) is 24.3 Å². The minimum Gasteiger partial charge on any atom is -0.349 e. The third-order valence-electron chi connectivity index (χ3n) is 1.37. The van der Waals surface area contributed by atoms with Gasteiger partial charge >= 0.3 is 0 Å². The topological polar surface area (TPSA) is 29.1 Å². The standard InChI is InChI=1S/C8H8FO2/c1-11-8(10)6-4-2-3-5-7(6)9/h2-5,8H,1H3. The maximum Gasteiger partial charge on any atom is 0.220 e. The lowest BCUT2D eigenvalue weighted by Gasteiger charge is -2.05. The van der Waals surface area contributed by atoms with Crippen molar-refractivity contribution in [1.29, 1.82) is 0 Å². The van der Waals surface area contributed by atoms with E-state index in [1.165, 1.54) is 25.3 Å². The minimum atomic E-state index is -1.42. The van der Waals surface area contributed by atoms with E-state index in [0.717, 1.165) is 0 Å². The fourth-order valence-electron chi connectivity index (χ4n) is 0.793. The molecule has 0 fully saturated rings. The van der Waals surface area contributed by atoms with Crippen LogP contribution in [0.4, 0.5) is 4.39 Å². The number of hydrogen-bond donors (Lipinski definition) is 0. The Balaban J connectivity index is 2.93. The van der Waals surface area contributed by atoms with Gasteiger partial charge in [-0.1, -0.05) is 18.2 Å². The second kappa shape index (κ2) is 3.46. The van der Waals surface area contributed by atoms with E-state index in [4.69, 9.17) is 0 Å². The molecule has 1 unspecified atom stereocenters. The summed E-state index contributed by atoms with van der Waals surface area (Å²) in [5.41, 5.74) is 0.0509. The van der Waals surface area contributed by atoms with Gasteiger partial charge in [0.1, 0.15) is 5.82 Å². The molecule has 1 aromatic rings. The maximum absolute atomic E-state index is 12.7. The van der Waals surface area contributed by atoms with Crippen LogP contribution in [0.25, 0.3) is 0 Å². The Morgan fingerprint density at radius 3 is 2.64 bits per heavy atom. The van der Waals surface area contributed by atoms with Crippen LogP contribution in [0.3, 0.4) is 0 Å². The minimum absolute atomic E-state index is 0.0509. The second-order valence-corrected chi connectivity index (χ2v) is 2.09. The van der Waals surface area contributed by atoms with Gasteiger partial charge in [-0.2, -0.15) is 5.11 Å². The van der Waals surface area contributed by atoms with Gasteiger partial charge < -0.3 is 4.74 Å². The summed E-state index contributed by atoms with van der Waals surface area (Å²) in [6, 6.07) is 5.78. The van der Waals surface area contributed by atoms with Crippen LogP contribution in [-0.2, 0) is 9.84 Å². The summed E-state index contributed by atoms with van der Waals surface area (Å²) < 4.78 is 17.2. The van der Waals surface area contributed by atoms with Gasteiger partial charge in [0, 0.05) is 12.7 Å². The van der Waals surface area contributed by atoms with Gasteiger partial charge in [-0.25, -0.2) is 4.39 Å². The van der Waals surface area contributed by atoms with Crippen molar-refractivity contribution in [2.24, 2.45) is 0 Å². The molecule has 2 nitrogen and oxygen atoms in total. The molecular weight excluding hydrogens is 147 g/mol. The highest BCUT2D eigenvalue weighted by Crippen LogP contribution is 2.16. The summed E-state index contributed by atoms with van der Waals surface area (Å²) in [5, 5.41) is 10.9. The normalized spacial score (nSPS) is 13.0. The van der Waals surface area contributed by atoms with Crippen molar-refractivity contribution in [1.82, 2.24) is 0 Å². The predicted octanol–water partition coefficient (Wildman–Crippen LogP) is 1.90. The van der Waals surface area contributed by atoms with Crippen LogP contribution >= 0.6 is 0 Å². The molecule has 1 atom stereocenters. The molecule has 3 heteroatoms. The van der Waals surface area contributed by atoms with Crippen LogP contribution in [-0.4, -0.2) is 7.11 Å². The predicted molar refractivity (Wildman–Crippen MR) is 36.8 cm³/mol. The molecule has 0 aliphatic heterocycles. The largest absolute Gasteiger partial charge is 0.349 e. The molecule has 0 amide bonds. The van der Waals surface area contributed by atoms with Crippen molar-refractivity contribution in [3.05, 3.63) is 35.6 Å². The quantitative estimate of drug-likeness (QED) is 0.599. The van der Waals surface area contributed by atoms with E-state index in [-0.39, 0.29) is 5.56 Å². The number of methoxy groups -OCH3 is 1. The van der Waals surface area contributed by atoms with E-state index in [1.54, 1.807) is 6.07 Å². The molecule has 0 N–H and O–H groups in total. The Morgan fingerprint density at radius 2 is 2.09 bits per heavy atom. The Labute approximate surface area is 64.2 Å². The lowest BCUT2D eigenvalue weighted by Crippen LogP contribution is -2.00. The third kappa shape index (κ3) is 1.76. The molecule has 1 radical (unpaired) electrons. The van der Waals surface area contributed by atoms with E-state index < -0.39 is 12.1 Å². The molecule has 1 rings (SSSR count). The highest BCUT2D eigenvalue weighted by atomic mass is 19.1. The number of rotatable bonds is 2. The van der Waals surface area contributed by atoms with Gasteiger partial charge in [0.05, 0.1) is 0 Å². The average Bonchev–Trinajstić information content (AvgIpc) is 2.04. The van der Waals surface area contributed by atoms with Gasteiger partial charge in [-0.3, -0.25) is 0 Å². The van der Waals surface area contributed by atoms with E-state index in [1.807, 2.05) is 0 Å². The molecular formula is C8H8FO2. The van der Waals surface area contributed by atoms with Gasteiger partial charge in [0.15, 0.2) is 0 Å². The Hall–Kier alpha value is -0.930. The monoisotopic (exact) mass is 155 g/mol. The zero-order valence-corrected chi connectivity index (χ0v) is 6.08. The molecule has 0 saturated heterocycles. The first-order valence-electron chi connectivity index (χ1n) is 3.18. The number of ether oxygens (including phenoxy) is 1. The molecule has 0 aliphatic carbocycles. The first-order valence-corrected chi connectivity index (χ1v) is 3.18. The Morgan fingerprint density at radius 1 is 1.45 bits per heavy atom. The average molecular weight is 155 g/mol. The third-order valence-corrected chi connectivity index (χ3v) is 1.37. The number of benzene rings is 1. The van der Waals surface area contributed by atoms with Gasteiger partial charge in [-0.05, 0) is 6.07 Å². The first-order chi connectivity index (χ1) is 5.25. The zero-order valence-electron chi connectivity index (χ0n) is 6.08. The highest BCUT2D eigenvalue weighted by Gasteiger charge is 2.11. The zero-order chi connectivity index (χ0) is 8.27. The molecule has 59 valence electrons. The van der Waals surface area contributed by atoms with E-state index in [0.29, 0.717) is 0 Å². The SMILES string of the molecule is COC([O])c1ccccc1F. The lowest BCUT2D eigenvalue weighted by molar-refractivity contribution is -0.125. The van der Waals surface area contributed by atoms with Gasteiger partial charge in [0.25, 0.3) is 0 Å². The Bertz CT molecular complexity index is 237. The number of hydrogen-bond acceptors (Lipinski definition) is 1. The van der Waals surface area contributed by atoms with Crippen molar-refractivity contribution < 1.29 is 14.2 Å². The molecule has 0 aliphatic rings. The number of halogens is 1. The van der Waals surface area contributed by atoms with Crippen molar-refractivity contribution >= 4 is 0 Å². The van der Waals surface area contributed by atoms with E-state index in [9.17, 15) is 9.50 Å². The molecule has 0 saturated carbocycles. The fraction of sp³-hybridized carbons (Fsp3) is 0.250. The van der Waals surface area contributed by atoms with Crippen LogP contribution in [0.2, 0.25) is 0 Å². The van der Waals surface area contributed by atoms with Crippen molar-refractivity contribution in [2.45, 2.75) is 6.29 Å². The van der Waals surface area contributed by atoms with Crippen LogP contribution < -0.4 is 0 Å². The van der Waals surface area contributed by atoms with Crippen molar-refractivity contribution in [3.63, 3.8) is 0 Å². The Kier molecular flexibility index (Phi) is 2.57. The maximum atomic E-state index is 12.7.